The van der Waals surface area contributed by atoms with Crippen LogP contribution in [0, 0.1) is 0 Å². The second-order valence-corrected chi connectivity index (χ2v) is 12.3. The van der Waals surface area contributed by atoms with Crippen LogP contribution in [0.1, 0.15) is 0 Å². The van der Waals surface area contributed by atoms with E-state index in [0.717, 1.165) is 72.0 Å². The first-order valence-electron chi connectivity index (χ1n) is 16.6. The van der Waals surface area contributed by atoms with Crippen LogP contribution in [-0.4, -0.2) is 24.5 Å². The lowest BCUT2D eigenvalue weighted by atomic mass is 10.0. The number of benzene rings is 6. The molecule has 0 bridgehead atoms. The molecule has 10 aromatic rings. The fourth-order valence-corrected chi connectivity index (χ4v) is 6.92. The molecule has 0 spiro atoms. The van der Waals surface area contributed by atoms with Crippen LogP contribution in [-0.2, 0) is 0 Å². The Morgan fingerprint density at radius 2 is 1.00 bits per heavy atom. The zero-order valence-electron chi connectivity index (χ0n) is 26.7. The van der Waals surface area contributed by atoms with Gasteiger partial charge in [0.15, 0.2) is 17.5 Å². The molecule has 6 nitrogen and oxygen atoms in total. The lowest BCUT2D eigenvalue weighted by Gasteiger charge is -2.09. The van der Waals surface area contributed by atoms with E-state index >= 15 is 0 Å². The van der Waals surface area contributed by atoms with Crippen molar-refractivity contribution in [2.45, 2.75) is 0 Å². The Morgan fingerprint density at radius 1 is 0.400 bits per heavy atom. The minimum absolute atomic E-state index is 0.582. The molecule has 4 heterocycles. The SMILES string of the molecule is c1ccc(-c2cccc(-c3nc(-c4ccccc4)nc(-c4ccc5c(c4)oc4cc(-n6c7ccccc7c7cccnc76)ccc45)n3)c2)cc1. The molecule has 0 aliphatic heterocycles. The summed E-state index contributed by atoms with van der Waals surface area (Å²) in [5, 5.41) is 4.37. The van der Waals surface area contributed by atoms with Gasteiger partial charge in [0.2, 0.25) is 0 Å². The van der Waals surface area contributed by atoms with Crippen molar-refractivity contribution in [3.8, 4) is 51.0 Å². The van der Waals surface area contributed by atoms with Crippen molar-refractivity contribution in [1.29, 1.82) is 0 Å². The molecule has 0 N–H and O–H groups in total. The molecule has 0 saturated heterocycles. The Hall–Kier alpha value is -6.92. The monoisotopic (exact) mass is 641 g/mol. The van der Waals surface area contributed by atoms with Crippen molar-refractivity contribution in [3.63, 3.8) is 0 Å². The van der Waals surface area contributed by atoms with Gasteiger partial charge in [-0.3, -0.25) is 4.57 Å². The van der Waals surface area contributed by atoms with Crippen LogP contribution >= 0.6 is 0 Å². The summed E-state index contributed by atoms with van der Waals surface area (Å²) in [4.78, 5) is 19.7. The summed E-state index contributed by atoms with van der Waals surface area (Å²) in [5.41, 5.74) is 9.52. The van der Waals surface area contributed by atoms with Crippen molar-refractivity contribution in [3.05, 3.63) is 164 Å². The first-order chi connectivity index (χ1) is 24.8. The minimum Gasteiger partial charge on any atom is -0.456 e. The minimum atomic E-state index is 0.582. The predicted molar refractivity (Wildman–Crippen MR) is 201 cm³/mol. The van der Waals surface area contributed by atoms with E-state index in [-0.39, 0.29) is 0 Å². The van der Waals surface area contributed by atoms with Gasteiger partial charge in [-0.1, -0.05) is 103 Å². The van der Waals surface area contributed by atoms with Crippen molar-refractivity contribution < 1.29 is 4.42 Å². The molecule has 0 saturated carbocycles. The van der Waals surface area contributed by atoms with Crippen molar-refractivity contribution in [1.82, 2.24) is 24.5 Å². The molecule has 0 radical (unpaired) electrons. The summed E-state index contributed by atoms with van der Waals surface area (Å²) >= 11 is 0. The lowest BCUT2D eigenvalue weighted by Crippen LogP contribution is -2.00. The van der Waals surface area contributed by atoms with E-state index in [1.807, 2.05) is 79.0 Å². The van der Waals surface area contributed by atoms with Gasteiger partial charge in [-0.2, -0.15) is 0 Å². The summed E-state index contributed by atoms with van der Waals surface area (Å²) in [5.74, 6) is 1.81. The number of aromatic nitrogens is 5. The van der Waals surface area contributed by atoms with E-state index in [4.69, 9.17) is 24.4 Å². The second kappa shape index (κ2) is 11.4. The Bertz CT molecular complexity index is 2820. The third-order valence-corrected chi connectivity index (χ3v) is 9.30. The molecule has 0 aliphatic rings. The summed E-state index contributed by atoms with van der Waals surface area (Å²) in [7, 11) is 0. The van der Waals surface area contributed by atoms with E-state index in [2.05, 4.69) is 89.5 Å². The number of fused-ring (bicyclic) bond motifs is 6. The summed E-state index contributed by atoms with van der Waals surface area (Å²) in [6, 6.07) is 53.8. The molecule has 6 aromatic carbocycles. The summed E-state index contributed by atoms with van der Waals surface area (Å²) in [6.45, 7) is 0. The highest BCUT2D eigenvalue weighted by Gasteiger charge is 2.17. The van der Waals surface area contributed by atoms with Gasteiger partial charge in [-0.05, 0) is 59.7 Å². The molecular formula is C44H27N5O. The number of hydrogen-bond donors (Lipinski definition) is 0. The molecular weight excluding hydrogens is 615 g/mol. The van der Waals surface area contributed by atoms with Crippen molar-refractivity contribution in [2.75, 3.05) is 0 Å². The van der Waals surface area contributed by atoms with E-state index in [1.54, 1.807) is 0 Å². The zero-order valence-corrected chi connectivity index (χ0v) is 26.7. The van der Waals surface area contributed by atoms with E-state index in [9.17, 15) is 0 Å². The molecule has 50 heavy (non-hydrogen) atoms. The standard InChI is InChI=1S/C44H27N5O/c1-3-11-28(12-4-1)30-15-9-16-31(25-30)42-46-41(29-13-5-2-6-14-29)47-43(48-42)32-20-22-35-36-23-21-33(27-40(36)50-39(35)26-32)49-38-19-8-7-17-34(38)37-18-10-24-45-44(37)49/h1-27H. The first kappa shape index (κ1) is 28.1. The highest BCUT2D eigenvalue weighted by atomic mass is 16.3. The molecule has 0 amide bonds. The normalized spacial score (nSPS) is 11.6. The highest BCUT2D eigenvalue weighted by Crippen LogP contribution is 2.36. The Balaban J connectivity index is 1.10. The van der Waals surface area contributed by atoms with Gasteiger partial charge in [-0.15, -0.1) is 0 Å². The third-order valence-electron chi connectivity index (χ3n) is 9.30. The van der Waals surface area contributed by atoms with E-state index < -0.39 is 0 Å². The molecule has 4 aromatic heterocycles. The maximum atomic E-state index is 6.57. The lowest BCUT2D eigenvalue weighted by molar-refractivity contribution is 0.668. The van der Waals surface area contributed by atoms with Crippen LogP contribution in [0.5, 0.6) is 0 Å². The smallest absolute Gasteiger partial charge is 0.164 e. The molecule has 0 atom stereocenters. The predicted octanol–water partition coefficient (Wildman–Crippen LogP) is 10.9. The van der Waals surface area contributed by atoms with Crippen LogP contribution < -0.4 is 0 Å². The Labute approximate surface area is 287 Å². The maximum Gasteiger partial charge on any atom is 0.164 e. The molecule has 0 fully saturated rings. The summed E-state index contributed by atoms with van der Waals surface area (Å²) < 4.78 is 8.77. The average Bonchev–Trinajstić information content (AvgIpc) is 3.73. The number of para-hydroxylation sites is 1. The van der Waals surface area contributed by atoms with Gasteiger partial charge in [0.25, 0.3) is 0 Å². The third kappa shape index (κ3) is 4.65. The number of rotatable bonds is 5. The fraction of sp³-hybridized carbons (Fsp3) is 0. The molecule has 6 heteroatoms. The maximum absolute atomic E-state index is 6.57. The number of hydrogen-bond acceptors (Lipinski definition) is 5. The van der Waals surface area contributed by atoms with Crippen molar-refractivity contribution in [2.24, 2.45) is 0 Å². The fourth-order valence-electron chi connectivity index (χ4n) is 6.92. The zero-order chi connectivity index (χ0) is 33.0. The molecule has 234 valence electrons. The Morgan fingerprint density at radius 3 is 1.80 bits per heavy atom. The van der Waals surface area contributed by atoms with Crippen LogP contribution in [0.25, 0.3) is 94.9 Å². The van der Waals surface area contributed by atoms with Gasteiger partial charge in [0, 0.05) is 50.5 Å². The van der Waals surface area contributed by atoms with Crippen LogP contribution in [0.3, 0.4) is 0 Å². The van der Waals surface area contributed by atoms with E-state index in [1.165, 1.54) is 5.39 Å². The van der Waals surface area contributed by atoms with Crippen LogP contribution in [0.15, 0.2) is 168 Å². The van der Waals surface area contributed by atoms with Gasteiger partial charge in [-0.25, -0.2) is 19.9 Å². The number of nitrogens with zero attached hydrogens (tertiary/aromatic N) is 5. The second-order valence-electron chi connectivity index (χ2n) is 12.3. The van der Waals surface area contributed by atoms with Gasteiger partial charge < -0.3 is 4.42 Å². The largest absolute Gasteiger partial charge is 0.456 e. The first-order valence-corrected chi connectivity index (χ1v) is 16.6. The average molecular weight is 642 g/mol. The number of furan rings is 1. The topological polar surface area (TPSA) is 69.6 Å². The molecule has 0 unspecified atom stereocenters. The van der Waals surface area contributed by atoms with Gasteiger partial charge in [0.05, 0.1) is 11.2 Å². The van der Waals surface area contributed by atoms with Gasteiger partial charge >= 0.3 is 0 Å². The van der Waals surface area contributed by atoms with Crippen molar-refractivity contribution >= 4 is 43.9 Å². The van der Waals surface area contributed by atoms with Crippen LogP contribution in [0.4, 0.5) is 0 Å². The molecule has 10 rings (SSSR count). The quantitative estimate of drug-likeness (QED) is 0.187. The highest BCUT2D eigenvalue weighted by molar-refractivity contribution is 6.09. The van der Waals surface area contributed by atoms with Crippen LogP contribution in [0.2, 0.25) is 0 Å². The summed E-state index contributed by atoms with van der Waals surface area (Å²) in [6.07, 6.45) is 1.84. The Kier molecular flexibility index (Phi) is 6.39. The molecule has 0 aliphatic carbocycles. The van der Waals surface area contributed by atoms with Gasteiger partial charge in [0.1, 0.15) is 16.8 Å². The number of pyridine rings is 1. The van der Waals surface area contributed by atoms with E-state index in [0.29, 0.717) is 17.5 Å².